The molecular formula is C14H23N5O2. The number of aliphatic imine (C=N–C) groups is 2. The molecule has 1 saturated heterocycles. The number of ether oxygens (including phenoxy) is 2. The van der Waals surface area contributed by atoms with Gasteiger partial charge in [0.1, 0.15) is 0 Å². The molecule has 21 heavy (non-hydrogen) atoms. The first kappa shape index (κ1) is 15.7. The van der Waals surface area contributed by atoms with E-state index in [-0.39, 0.29) is 12.1 Å². The van der Waals surface area contributed by atoms with Crippen LogP contribution in [0.5, 0.6) is 0 Å². The summed E-state index contributed by atoms with van der Waals surface area (Å²) >= 11 is 0. The first-order valence-electron chi connectivity index (χ1n) is 7.12. The predicted octanol–water partition coefficient (Wildman–Crippen LogP) is 0.848. The van der Waals surface area contributed by atoms with Gasteiger partial charge in [0.05, 0.1) is 31.9 Å². The highest BCUT2D eigenvalue weighted by molar-refractivity contribution is 5.84. The monoisotopic (exact) mass is 293 g/mol. The van der Waals surface area contributed by atoms with Crippen molar-refractivity contribution in [3.05, 3.63) is 18.5 Å². The second-order valence-electron chi connectivity index (χ2n) is 4.90. The summed E-state index contributed by atoms with van der Waals surface area (Å²) in [5.74, 6) is 0.660. The highest BCUT2D eigenvalue weighted by Gasteiger charge is 2.20. The van der Waals surface area contributed by atoms with E-state index in [0.29, 0.717) is 25.7 Å². The molecule has 1 aliphatic heterocycles. The van der Waals surface area contributed by atoms with Crippen LogP contribution < -0.4 is 0 Å². The SMILES string of the molecule is C=NC(=NCC(OC)[C@@H](C)n1cccn1)N1CCOCC1. The van der Waals surface area contributed by atoms with Crippen LogP contribution in [0.15, 0.2) is 28.4 Å². The number of rotatable bonds is 5. The molecule has 1 aromatic rings. The van der Waals surface area contributed by atoms with Crippen LogP contribution in [0.3, 0.4) is 0 Å². The minimum atomic E-state index is -0.0670. The Morgan fingerprint density at radius 2 is 2.24 bits per heavy atom. The minimum absolute atomic E-state index is 0.0670. The lowest BCUT2D eigenvalue weighted by atomic mass is 10.2. The van der Waals surface area contributed by atoms with Crippen molar-refractivity contribution in [1.29, 1.82) is 0 Å². The van der Waals surface area contributed by atoms with E-state index >= 15 is 0 Å². The van der Waals surface area contributed by atoms with Gasteiger partial charge in [-0.3, -0.25) is 4.68 Å². The zero-order chi connectivity index (χ0) is 15.1. The summed E-state index contributed by atoms with van der Waals surface area (Å²) in [6.45, 7) is 9.18. The number of aromatic nitrogens is 2. The van der Waals surface area contributed by atoms with E-state index in [1.807, 2.05) is 16.9 Å². The van der Waals surface area contributed by atoms with Gasteiger partial charge in [-0.25, -0.2) is 9.98 Å². The van der Waals surface area contributed by atoms with Crippen molar-refractivity contribution < 1.29 is 9.47 Å². The fourth-order valence-electron chi connectivity index (χ4n) is 2.30. The van der Waals surface area contributed by atoms with Gasteiger partial charge < -0.3 is 14.4 Å². The molecule has 1 unspecified atom stereocenters. The van der Waals surface area contributed by atoms with E-state index in [1.54, 1.807) is 13.3 Å². The molecule has 2 atom stereocenters. The lowest BCUT2D eigenvalue weighted by molar-refractivity contribution is 0.0617. The summed E-state index contributed by atoms with van der Waals surface area (Å²) in [6.07, 6.45) is 3.62. The van der Waals surface area contributed by atoms with Crippen LogP contribution in [0, 0.1) is 0 Å². The molecule has 7 heteroatoms. The van der Waals surface area contributed by atoms with Gasteiger partial charge in [0.15, 0.2) is 0 Å². The molecule has 0 saturated carbocycles. The Bertz CT molecular complexity index is 454. The number of guanidine groups is 1. The maximum Gasteiger partial charge on any atom is 0.220 e. The van der Waals surface area contributed by atoms with Gasteiger partial charge in [-0.2, -0.15) is 5.10 Å². The fourth-order valence-corrected chi connectivity index (χ4v) is 2.30. The largest absolute Gasteiger partial charge is 0.378 e. The van der Waals surface area contributed by atoms with Crippen molar-refractivity contribution in [3.8, 4) is 0 Å². The maximum absolute atomic E-state index is 5.54. The number of morpholine rings is 1. The molecule has 2 rings (SSSR count). The lowest BCUT2D eigenvalue weighted by Crippen LogP contribution is -2.40. The van der Waals surface area contributed by atoms with Crippen LogP contribution in [0.1, 0.15) is 13.0 Å². The van der Waals surface area contributed by atoms with Gasteiger partial charge in [0.25, 0.3) is 0 Å². The Kier molecular flexibility index (Phi) is 5.89. The quantitative estimate of drug-likeness (QED) is 0.596. The van der Waals surface area contributed by atoms with Gasteiger partial charge in [-0.05, 0) is 19.7 Å². The normalized spacial score (nSPS) is 19.3. The van der Waals surface area contributed by atoms with Crippen molar-refractivity contribution in [1.82, 2.24) is 14.7 Å². The molecule has 7 nitrogen and oxygen atoms in total. The Balaban J connectivity index is 1.99. The van der Waals surface area contributed by atoms with Crippen LogP contribution in [0.4, 0.5) is 0 Å². The highest BCUT2D eigenvalue weighted by atomic mass is 16.5. The van der Waals surface area contributed by atoms with Gasteiger partial charge in [-0.15, -0.1) is 0 Å². The average Bonchev–Trinajstić information content (AvgIpc) is 3.06. The first-order valence-corrected chi connectivity index (χ1v) is 7.12. The standard InChI is InChI=1S/C14H23N5O2/c1-12(19-6-4-5-17-19)13(20-3)11-16-14(15-2)18-7-9-21-10-8-18/h4-6,12-13H,2,7-11H2,1,3H3/t12-,13?/m1/s1. The highest BCUT2D eigenvalue weighted by Crippen LogP contribution is 2.13. The fraction of sp³-hybridized carbons (Fsp3) is 0.643. The summed E-state index contributed by atoms with van der Waals surface area (Å²) in [6, 6.07) is 2.00. The van der Waals surface area contributed by atoms with E-state index in [1.165, 1.54) is 0 Å². The lowest BCUT2D eigenvalue weighted by Gasteiger charge is -2.28. The Labute approximate surface area is 125 Å². The third kappa shape index (κ3) is 4.12. The van der Waals surface area contributed by atoms with Gasteiger partial charge in [0.2, 0.25) is 5.96 Å². The van der Waals surface area contributed by atoms with E-state index in [2.05, 4.69) is 33.6 Å². The van der Waals surface area contributed by atoms with Crippen molar-refractivity contribution in [2.24, 2.45) is 9.98 Å². The number of hydrogen-bond acceptors (Lipinski definition) is 4. The molecular weight excluding hydrogens is 270 g/mol. The second kappa shape index (κ2) is 7.90. The summed E-state index contributed by atoms with van der Waals surface area (Å²) < 4.78 is 12.8. The zero-order valence-corrected chi connectivity index (χ0v) is 12.7. The molecule has 0 amide bonds. The third-order valence-corrected chi connectivity index (χ3v) is 3.63. The Hall–Kier alpha value is -1.73. The second-order valence-corrected chi connectivity index (χ2v) is 4.90. The van der Waals surface area contributed by atoms with Crippen LogP contribution in [0.25, 0.3) is 0 Å². The topological polar surface area (TPSA) is 64.2 Å². The molecule has 2 heterocycles. The van der Waals surface area contributed by atoms with E-state index in [9.17, 15) is 0 Å². The van der Waals surface area contributed by atoms with Crippen LogP contribution in [0.2, 0.25) is 0 Å². The smallest absolute Gasteiger partial charge is 0.220 e. The molecule has 0 aliphatic carbocycles. The minimum Gasteiger partial charge on any atom is -0.378 e. The molecule has 0 N–H and O–H groups in total. The van der Waals surface area contributed by atoms with E-state index in [0.717, 1.165) is 13.1 Å². The van der Waals surface area contributed by atoms with Crippen molar-refractivity contribution in [2.75, 3.05) is 40.0 Å². The zero-order valence-electron chi connectivity index (χ0n) is 12.7. The molecule has 0 radical (unpaired) electrons. The maximum atomic E-state index is 5.54. The molecule has 1 fully saturated rings. The number of nitrogens with zero attached hydrogens (tertiary/aromatic N) is 5. The molecule has 1 aromatic heterocycles. The molecule has 0 bridgehead atoms. The van der Waals surface area contributed by atoms with Crippen LogP contribution >= 0.6 is 0 Å². The van der Waals surface area contributed by atoms with Crippen molar-refractivity contribution in [2.45, 2.75) is 19.1 Å². The van der Waals surface area contributed by atoms with Crippen molar-refractivity contribution >= 4 is 12.7 Å². The Morgan fingerprint density at radius 3 is 2.81 bits per heavy atom. The third-order valence-electron chi connectivity index (χ3n) is 3.63. The van der Waals surface area contributed by atoms with Gasteiger partial charge >= 0.3 is 0 Å². The number of hydrogen-bond donors (Lipinski definition) is 0. The van der Waals surface area contributed by atoms with Crippen LogP contribution in [-0.4, -0.2) is 73.4 Å². The Morgan fingerprint density at radius 1 is 1.48 bits per heavy atom. The predicted molar refractivity (Wildman–Crippen MR) is 82.0 cm³/mol. The van der Waals surface area contributed by atoms with Crippen LogP contribution in [-0.2, 0) is 9.47 Å². The average molecular weight is 293 g/mol. The molecule has 0 spiro atoms. The number of methoxy groups -OCH3 is 1. The molecule has 116 valence electrons. The molecule has 0 aromatic carbocycles. The van der Waals surface area contributed by atoms with E-state index in [4.69, 9.17) is 9.47 Å². The summed E-state index contributed by atoms with van der Waals surface area (Å²) in [5.41, 5.74) is 0. The van der Waals surface area contributed by atoms with Crippen molar-refractivity contribution in [3.63, 3.8) is 0 Å². The van der Waals surface area contributed by atoms with E-state index < -0.39 is 0 Å². The first-order chi connectivity index (χ1) is 10.3. The van der Waals surface area contributed by atoms with Gasteiger partial charge in [0, 0.05) is 32.6 Å². The summed E-state index contributed by atoms with van der Waals surface area (Å²) in [7, 11) is 1.69. The molecule has 1 aliphatic rings. The summed E-state index contributed by atoms with van der Waals surface area (Å²) in [4.78, 5) is 10.7. The van der Waals surface area contributed by atoms with Gasteiger partial charge in [-0.1, -0.05) is 0 Å². The summed E-state index contributed by atoms with van der Waals surface area (Å²) in [5, 5.41) is 4.25.